The summed E-state index contributed by atoms with van der Waals surface area (Å²) in [6, 6.07) is 31.9. The SMILES string of the molecule is O=C(N[C@@H]1CC[C@@H]1C(=O)O)OCC1c2ccccc2-c2ccccc21.O=C(N[C@H]1CC[C@H]1C(=O)O)OCC1c2ccccc2-c2ccccc21. The highest BCUT2D eigenvalue weighted by atomic mass is 16.6. The molecule has 10 heteroatoms. The van der Waals surface area contributed by atoms with Gasteiger partial charge >= 0.3 is 24.1 Å². The van der Waals surface area contributed by atoms with Crippen LogP contribution >= 0.6 is 0 Å². The number of rotatable bonds is 8. The lowest BCUT2D eigenvalue weighted by atomic mass is 9.80. The van der Waals surface area contributed by atoms with Crippen molar-refractivity contribution in [3.63, 3.8) is 0 Å². The first-order valence-corrected chi connectivity index (χ1v) is 17.0. The third-order valence-corrected chi connectivity index (χ3v) is 10.5. The van der Waals surface area contributed by atoms with Gasteiger partial charge < -0.3 is 30.3 Å². The molecule has 0 spiro atoms. The minimum atomic E-state index is -0.866. The van der Waals surface area contributed by atoms with E-state index in [2.05, 4.69) is 59.2 Å². The Bertz CT molecular complexity index is 1710. The molecule has 2 amide bonds. The molecule has 4 atom stereocenters. The summed E-state index contributed by atoms with van der Waals surface area (Å²) in [5, 5.41) is 23.4. The number of benzene rings is 4. The number of carbonyl (C=O) groups excluding carboxylic acids is 2. The maximum absolute atomic E-state index is 12.1. The molecule has 4 N–H and O–H groups in total. The van der Waals surface area contributed by atoms with Crippen molar-refractivity contribution >= 4 is 24.1 Å². The average molecular weight is 675 g/mol. The van der Waals surface area contributed by atoms with E-state index < -0.39 is 36.0 Å². The van der Waals surface area contributed by atoms with Crippen molar-refractivity contribution in [1.29, 1.82) is 0 Å². The fraction of sp³-hybridized carbons (Fsp3) is 0.300. The van der Waals surface area contributed by atoms with E-state index in [1.807, 2.05) is 48.5 Å². The van der Waals surface area contributed by atoms with E-state index in [1.165, 1.54) is 22.3 Å². The van der Waals surface area contributed by atoms with Crippen LogP contribution in [0, 0.1) is 11.8 Å². The van der Waals surface area contributed by atoms with E-state index in [1.54, 1.807) is 0 Å². The standard InChI is InChI=1S/2C20H19NO4/c2*22-19(23)16-9-10-18(16)21-20(24)25-11-17-14-7-3-1-5-12(14)13-6-2-4-8-15(13)17/h2*1-8,16-18H,9-11H2,(H,21,24)(H,22,23)/t2*16-,18+/m10/s1. The molecule has 0 unspecified atom stereocenters. The summed E-state index contributed by atoms with van der Waals surface area (Å²) < 4.78 is 10.9. The number of hydrogen-bond acceptors (Lipinski definition) is 6. The number of fused-ring (bicyclic) bond motifs is 6. The van der Waals surface area contributed by atoms with Crippen LogP contribution in [-0.2, 0) is 19.1 Å². The molecule has 0 saturated heterocycles. The summed E-state index contributed by atoms with van der Waals surface area (Å²) in [7, 11) is 0. The highest BCUT2D eigenvalue weighted by Gasteiger charge is 2.39. The Morgan fingerprint density at radius 1 is 0.500 bits per heavy atom. The van der Waals surface area contributed by atoms with Crippen molar-refractivity contribution in [3.8, 4) is 22.3 Å². The largest absolute Gasteiger partial charge is 0.481 e. The van der Waals surface area contributed by atoms with Crippen molar-refractivity contribution < 1.29 is 38.9 Å². The monoisotopic (exact) mass is 674 g/mol. The average Bonchev–Trinajstić information content (AvgIpc) is 3.59. The molecule has 256 valence electrons. The molecule has 2 saturated carbocycles. The number of alkyl carbamates (subject to hydrolysis) is 2. The number of hydrogen-bond donors (Lipinski definition) is 4. The van der Waals surface area contributed by atoms with E-state index in [0.29, 0.717) is 25.7 Å². The highest BCUT2D eigenvalue weighted by molar-refractivity contribution is 5.81. The zero-order chi connectivity index (χ0) is 34.8. The second kappa shape index (κ2) is 14.1. The third kappa shape index (κ3) is 6.41. The molecule has 4 aliphatic carbocycles. The van der Waals surface area contributed by atoms with Crippen molar-refractivity contribution in [2.24, 2.45) is 11.8 Å². The van der Waals surface area contributed by atoms with E-state index in [-0.39, 0.29) is 37.1 Å². The molecular weight excluding hydrogens is 636 g/mol. The highest BCUT2D eigenvalue weighted by Crippen LogP contribution is 2.45. The first-order valence-electron chi connectivity index (χ1n) is 17.0. The van der Waals surface area contributed by atoms with Crippen LogP contribution in [-0.4, -0.2) is 59.6 Å². The van der Waals surface area contributed by atoms with E-state index in [9.17, 15) is 19.2 Å². The fourth-order valence-electron chi connectivity index (χ4n) is 7.52. The number of aliphatic carboxylic acids is 2. The van der Waals surface area contributed by atoms with Crippen molar-refractivity contribution in [1.82, 2.24) is 10.6 Å². The van der Waals surface area contributed by atoms with Crippen molar-refractivity contribution in [3.05, 3.63) is 119 Å². The number of carboxylic acid groups (broad SMARTS) is 2. The molecule has 10 nitrogen and oxygen atoms in total. The number of ether oxygens (including phenoxy) is 2. The van der Waals surface area contributed by atoms with Gasteiger partial charge in [-0.3, -0.25) is 9.59 Å². The predicted molar refractivity (Wildman–Crippen MR) is 185 cm³/mol. The molecule has 0 aromatic heterocycles. The van der Waals surface area contributed by atoms with Gasteiger partial charge in [0.05, 0.1) is 11.8 Å². The quantitative estimate of drug-likeness (QED) is 0.160. The molecule has 0 radical (unpaired) electrons. The second-order valence-electron chi connectivity index (χ2n) is 13.2. The Morgan fingerprint density at radius 3 is 1.06 bits per heavy atom. The Balaban J connectivity index is 0.000000157. The Kier molecular flexibility index (Phi) is 9.25. The van der Waals surface area contributed by atoms with Crippen LogP contribution in [0.25, 0.3) is 22.3 Å². The van der Waals surface area contributed by atoms with Gasteiger partial charge in [-0.1, -0.05) is 97.1 Å². The molecule has 50 heavy (non-hydrogen) atoms. The van der Waals surface area contributed by atoms with Gasteiger partial charge in [-0.05, 0) is 70.2 Å². The van der Waals surface area contributed by atoms with E-state index in [4.69, 9.17) is 19.7 Å². The maximum atomic E-state index is 12.1. The van der Waals surface area contributed by atoms with Gasteiger partial charge in [0.25, 0.3) is 0 Å². The van der Waals surface area contributed by atoms with Gasteiger partial charge in [0.1, 0.15) is 13.2 Å². The summed E-state index contributed by atoms with van der Waals surface area (Å²) in [5.74, 6) is -2.71. The summed E-state index contributed by atoms with van der Waals surface area (Å²) in [5.41, 5.74) is 9.34. The molecule has 0 aliphatic heterocycles. The zero-order valence-electron chi connectivity index (χ0n) is 27.3. The molecule has 2 fully saturated rings. The van der Waals surface area contributed by atoms with Gasteiger partial charge in [0.15, 0.2) is 0 Å². The molecule has 8 rings (SSSR count). The molecule has 4 aromatic carbocycles. The molecule has 4 aliphatic rings. The fourth-order valence-corrected chi connectivity index (χ4v) is 7.52. The summed E-state index contributed by atoms with van der Waals surface area (Å²) in [4.78, 5) is 46.2. The van der Waals surface area contributed by atoms with Gasteiger partial charge in [0.2, 0.25) is 0 Å². The lowest BCUT2D eigenvalue weighted by Crippen LogP contribution is -2.50. The first-order chi connectivity index (χ1) is 24.3. The smallest absolute Gasteiger partial charge is 0.407 e. The van der Waals surface area contributed by atoms with Crippen LogP contribution < -0.4 is 10.6 Å². The summed E-state index contributed by atoms with van der Waals surface area (Å²) >= 11 is 0. The van der Waals surface area contributed by atoms with E-state index >= 15 is 0 Å². The van der Waals surface area contributed by atoms with Crippen LogP contribution in [0.1, 0.15) is 59.8 Å². The number of nitrogens with one attached hydrogen (secondary N) is 2. The minimum absolute atomic E-state index is 0.00908. The minimum Gasteiger partial charge on any atom is -0.481 e. The predicted octanol–water partition coefficient (Wildman–Crippen LogP) is 6.78. The Hall–Kier alpha value is -5.64. The molecule has 4 aromatic rings. The van der Waals surface area contributed by atoms with Crippen LogP contribution in [0.2, 0.25) is 0 Å². The van der Waals surface area contributed by atoms with Gasteiger partial charge in [0, 0.05) is 23.9 Å². The lowest BCUT2D eigenvalue weighted by Gasteiger charge is -2.33. The zero-order valence-corrected chi connectivity index (χ0v) is 27.3. The van der Waals surface area contributed by atoms with Crippen molar-refractivity contribution in [2.45, 2.75) is 49.6 Å². The van der Waals surface area contributed by atoms with Crippen LogP contribution in [0.15, 0.2) is 97.1 Å². The topological polar surface area (TPSA) is 151 Å². The number of amides is 2. The lowest BCUT2D eigenvalue weighted by molar-refractivity contribution is -0.146. The second-order valence-corrected chi connectivity index (χ2v) is 13.2. The summed E-state index contributed by atoms with van der Waals surface area (Å²) in [6.07, 6.45) is 1.48. The maximum Gasteiger partial charge on any atom is 0.407 e. The third-order valence-electron chi connectivity index (χ3n) is 10.5. The normalized spacial score (nSPS) is 21.0. The van der Waals surface area contributed by atoms with Gasteiger partial charge in [-0.25, -0.2) is 9.59 Å². The van der Waals surface area contributed by atoms with Crippen LogP contribution in [0.4, 0.5) is 9.59 Å². The van der Waals surface area contributed by atoms with Gasteiger partial charge in [-0.15, -0.1) is 0 Å². The van der Waals surface area contributed by atoms with Gasteiger partial charge in [-0.2, -0.15) is 0 Å². The number of carboxylic acids is 2. The van der Waals surface area contributed by atoms with Crippen molar-refractivity contribution in [2.75, 3.05) is 13.2 Å². The number of carbonyl (C=O) groups is 4. The van der Waals surface area contributed by atoms with Crippen LogP contribution in [0.5, 0.6) is 0 Å². The molecular formula is C40H38N2O8. The Labute approximate surface area is 289 Å². The molecule has 0 heterocycles. The molecule has 0 bridgehead atoms. The van der Waals surface area contributed by atoms with Crippen LogP contribution in [0.3, 0.4) is 0 Å². The Morgan fingerprint density at radius 2 is 0.800 bits per heavy atom. The summed E-state index contributed by atoms with van der Waals surface area (Å²) in [6.45, 7) is 0.481. The van der Waals surface area contributed by atoms with E-state index in [0.717, 1.165) is 22.3 Å². The first kappa shape index (κ1) is 32.9.